The van der Waals surface area contributed by atoms with Gasteiger partial charge in [0.05, 0.1) is 11.8 Å². The van der Waals surface area contributed by atoms with Crippen LogP contribution in [-0.2, 0) is 44.2 Å². The molecule has 0 aliphatic carbocycles. The van der Waals surface area contributed by atoms with E-state index in [-0.39, 0.29) is 12.8 Å². The molecule has 0 aromatic heterocycles. The highest BCUT2D eigenvalue weighted by Crippen LogP contribution is 2.43. The molecule has 0 aliphatic heterocycles. The molecule has 0 amide bonds. The van der Waals surface area contributed by atoms with Crippen molar-refractivity contribution in [1.82, 2.24) is 0 Å². The summed E-state index contributed by atoms with van der Waals surface area (Å²) in [5.41, 5.74) is -2.60. The summed E-state index contributed by atoms with van der Waals surface area (Å²) in [6.45, 7) is 10.2. The number of carboxylic acids is 3. The molecule has 14 nitrogen and oxygen atoms in total. The smallest absolute Gasteiger partial charge is 0.325 e. The monoisotopic (exact) mass is 760 g/mol. The number of carbonyl (C=O) groups is 4. The molecule has 0 saturated carbocycles. The molecule has 0 heterocycles. The van der Waals surface area contributed by atoms with Gasteiger partial charge in [0.2, 0.25) is 0 Å². The van der Waals surface area contributed by atoms with Crippen LogP contribution < -0.4 is 0 Å². The van der Waals surface area contributed by atoms with E-state index in [1.807, 2.05) is 13.8 Å². The maximum Gasteiger partial charge on any atom is 0.325 e. The number of unbranched alkanes of at least 4 members (excludes halogenated alkanes) is 12. The lowest BCUT2D eigenvalue weighted by Gasteiger charge is -2.40. The largest absolute Gasteiger partial charge is 0.481 e. The van der Waals surface area contributed by atoms with E-state index in [1.54, 1.807) is 0 Å². The zero-order valence-corrected chi connectivity index (χ0v) is 32.4. The normalized spacial score (nSPS) is 13.5. The van der Waals surface area contributed by atoms with Crippen molar-refractivity contribution in [2.45, 2.75) is 186 Å². The van der Waals surface area contributed by atoms with E-state index in [4.69, 9.17) is 19.5 Å². The second-order valence-corrected chi connectivity index (χ2v) is 16.2. The van der Waals surface area contributed by atoms with Crippen LogP contribution in [0.3, 0.4) is 0 Å². The van der Waals surface area contributed by atoms with Gasteiger partial charge in [0.25, 0.3) is 20.2 Å². The maximum absolute atomic E-state index is 14.1. The maximum atomic E-state index is 14.1. The van der Waals surface area contributed by atoms with Crippen LogP contribution in [0.4, 0.5) is 0 Å². The second-order valence-electron chi connectivity index (χ2n) is 13.1. The second kappa shape index (κ2) is 25.6. The van der Waals surface area contributed by atoms with Crippen molar-refractivity contribution in [3.63, 3.8) is 0 Å². The van der Waals surface area contributed by atoms with Gasteiger partial charge in [0.15, 0.2) is 10.5 Å². The Morgan fingerprint density at radius 1 is 0.560 bits per heavy atom. The minimum absolute atomic E-state index is 0.0716. The summed E-state index contributed by atoms with van der Waals surface area (Å²) in [7, 11) is -9.90. The number of ether oxygens (including phenoxy) is 1. The zero-order chi connectivity index (χ0) is 39.0. The predicted octanol–water partition coefficient (Wildman–Crippen LogP) is 7.30. The van der Waals surface area contributed by atoms with Crippen LogP contribution in [0.25, 0.3) is 0 Å². The average molecular weight is 761 g/mol. The molecule has 2 atom stereocenters. The van der Waals surface area contributed by atoms with Crippen molar-refractivity contribution in [3.8, 4) is 0 Å². The van der Waals surface area contributed by atoms with Gasteiger partial charge in [-0.15, -0.1) is 0 Å². The zero-order valence-electron chi connectivity index (χ0n) is 30.7. The van der Waals surface area contributed by atoms with E-state index >= 15 is 0 Å². The lowest BCUT2D eigenvalue weighted by Crippen LogP contribution is -2.53. The van der Waals surface area contributed by atoms with E-state index in [0.29, 0.717) is 32.1 Å². The molecule has 0 saturated heterocycles. The SMILES string of the molecule is CCCCCCCCC(CCCCCCCC)(C(=O)OC(CC)(CC)CCCCC)C(C(=O)O)S(=O)(=O)O.O=C(O)CC(C(=O)O)S(=O)(=O)O. The first-order chi connectivity index (χ1) is 23.2. The van der Waals surface area contributed by atoms with Crippen molar-refractivity contribution in [2.24, 2.45) is 5.41 Å². The molecule has 0 radical (unpaired) electrons. The van der Waals surface area contributed by atoms with Crippen LogP contribution >= 0.6 is 0 Å². The number of hydrogen-bond acceptors (Lipinski definition) is 9. The molecule has 0 spiro atoms. The van der Waals surface area contributed by atoms with E-state index in [0.717, 1.165) is 83.5 Å². The first kappa shape index (κ1) is 49.8. The highest BCUT2D eigenvalue weighted by atomic mass is 32.2. The molecular formula is C34H64O14S2. The third-order valence-corrected chi connectivity index (χ3v) is 11.5. The molecule has 0 rings (SSSR count). The summed E-state index contributed by atoms with van der Waals surface area (Å²) >= 11 is 0. The van der Waals surface area contributed by atoms with Crippen LogP contribution in [0.2, 0.25) is 0 Å². The molecule has 0 aliphatic rings. The van der Waals surface area contributed by atoms with Gasteiger partial charge in [-0.25, -0.2) is 0 Å². The summed E-state index contributed by atoms with van der Waals surface area (Å²) in [6, 6.07) is 0. The summed E-state index contributed by atoms with van der Waals surface area (Å²) in [5.74, 6) is -5.96. The van der Waals surface area contributed by atoms with Crippen LogP contribution in [0.15, 0.2) is 0 Å². The lowest BCUT2D eigenvalue weighted by molar-refractivity contribution is -0.179. The molecular weight excluding hydrogens is 696 g/mol. The van der Waals surface area contributed by atoms with Gasteiger partial charge in [-0.1, -0.05) is 125 Å². The average Bonchev–Trinajstić information content (AvgIpc) is 3.01. The van der Waals surface area contributed by atoms with E-state index in [9.17, 15) is 45.7 Å². The van der Waals surface area contributed by atoms with E-state index < -0.39 is 72.1 Å². The standard InChI is InChI=1S/C30H58O7S.C4H6O7S/c1-6-11-14-16-18-21-24-30(25-22-19-17-15-12-7-2,26(27(31)32)38(34,35)36)28(33)37-29(9-4,10-5)23-20-13-8-3;5-3(6)1-2(4(7)8)12(9,10)11/h26H,6-25H2,1-5H3,(H,31,32)(H,34,35,36);2H,1H2,(H,5,6)(H,7,8)(H,9,10,11). The molecule has 296 valence electrons. The van der Waals surface area contributed by atoms with Crippen LogP contribution in [0, 0.1) is 5.41 Å². The minimum atomic E-state index is -5.06. The topological polar surface area (TPSA) is 247 Å². The Labute approximate surface area is 299 Å². The van der Waals surface area contributed by atoms with Crippen LogP contribution in [0.1, 0.15) is 169 Å². The molecule has 2 unspecified atom stereocenters. The minimum Gasteiger partial charge on any atom is -0.481 e. The van der Waals surface area contributed by atoms with Gasteiger partial charge in [-0.05, 0) is 38.5 Å². The Balaban J connectivity index is 0. The van der Waals surface area contributed by atoms with Gasteiger partial charge < -0.3 is 20.1 Å². The highest BCUT2D eigenvalue weighted by molar-refractivity contribution is 7.87. The quantitative estimate of drug-likeness (QED) is 0.0285. The number of carboxylic acid groups (broad SMARTS) is 3. The third-order valence-electron chi connectivity index (χ3n) is 9.21. The fourth-order valence-corrected chi connectivity index (χ4v) is 7.83. The summed E-state index contributed by atoms with van der Waals surface area (Å²) in [6.07, 6.45) is 14.5. The molecule has 0 aromatic rings. The van der Waals surface area contributed by atoms with E-state index in [1.165, 1.54) is 0 Å². The highest BCUT2D eigenvalue weighted by Gasteiger charge is 2.57. The molecule has 0 aromatic carbocycles. The number of carbonyl (C=O) groups excluding carboxylic acids is 1. The number of aliphatic carboxylic acids is 3. The van der Waals surface area contributed by atoms with Crippen LogP contribution in [0.5, 0.6) is 0 Å². The Hall–Kier alpha value is -2.30. The Bertz CT molecular complexity index is 1190. The van der Waals surface area contributed by atoms with Crippen LogP contribution in [-0.4, -0.2) is 81.2 Å². The lowest BCUT2D eigenvalue weighted by atomic mass is 9.74. The fraction of sp³-hybridized carbons (Fsp3) is 0.882. The first-order valence-corrected chi connectivity index (χ1v) is 21.1. The van der Waals surface area contributed by atoms with Crippen molar-refractivity contribution >= 4 is 44.1 Å². The molecule has 0 bridgehead atoms. The van der Waals surface area contributed by atoms with Crippen molar-refractivity contribution in [2.75, 3.05) is 0 Å². The van der Waals surface area contributed by atoms with Gasteiger partial charge in [-0.2, -0.15) is 16.8 Å². The van der Waals surface area contributed by atoms with E-state index in [2.05, 4.69) is 20.8 Å². The van der Waals surface area contributed by atoms with Gasteiger partial charge >= 0.3 is 23.9 Å². The number of hydrogen-bond donors (Lipinski definition) is 5. The first-order valence-electron chi connectivity index (χ1n) is 18.1. The molecule has 50 heavy (non-hydrogen) atoms. The van der Waals surface area contributed by atoms with Gasteiger partial charge in [0.1, 0.15) is 5.60 Å². The van der Waals surface area contributed by atoms with Crippen molar-refractivity contribution in [1.29, 1.82) is 0 Å². The Kier molecular flexibility index (Phi) is 25.5. The van der Waals surface area contributed by atoms with Gasteiger partial charge in [0, 0.05) is 0 Å². The third kappa shape index (κ3) is 19.3. The summed E-state index contributed by atoms with van der Waals surface area (Å²) in [5, 5.41) is 21.8. The summed E-state index contributed by atoms with van der Waals surface area (Å²) < 4.78 is 70.1. The van der Waals surface area contributed by atoms with Crippen molar-refractivity contribution in [3.05, 3.63) is 0 Å². The summed E-state index contributed by atoms with van der Waals surface area (Å²) in [4.78, 5) is 46.5. The molecule has 0 fully saturated rings. The van der Waals surface area contributed by atoms with Gasteiger partial charge in [-0.3, -0.25) is 28.3 Å². The number of rotatable bonds is 29. The number of esters is 1. The molecule has 16 heteroatoms. The predicted molar refractivity (Wildman–Crippen MR) is 190 cm³/mol. The fourth-order valence-electron chi connectivity index (χ4n) is 6.06. The molecule has 5 N–H and O–H groups in total. The Morgan fingerprint density at radius 2 is 0.940 bits per heavy atom. The Morgan fingerprint density at radius 3 is 1.24 bits per heavy atom. The van der Waals surface area contributed by atoms with Crippen molar-refractivity contribution < 1.29 is 65.2 Å².